The standard InChI is InChI=1S/C16H16BrFN2/c1-11-9-19-14-7-2-3-8-15(14)20(11)10-12-5-4-6-13(18)16(12)17/h2-8,11,19H,9-10H2,1H3. The molecular formula is C16H16BrFN2. The van der Waals surface area contributed by atoms with E-state index in [4.69, 9.17) is 0 Å². The molecule has 0 amide bonds. The number of halogens is 2. The van der Waals surface area contributed by atoms with Gasteiger partial charge in [0.2, 0.25) is 0 Å². The molecule has 0 spiro atoms. The maximum absolute atomic E-state index is 13.6. The molecule has 3 rings (SSSR count). The van der Waals surface area contributed by atoms with Crippen LogP contribution in [0.1, 0.15) is 12.5 Å². The fourth-order valence-electron chi connectivity index (χ4n) is 2.57. The second-order valence-electron chi connectivity index (χ2n) is 5.09. The van der Waals surface area contributed by atoms with E-state index in [0.717, 1.165) is 17.8 Å². The van der Waals surface area contributed by atoms with Crippen LogP contribution in [0.25, 0.3) is 0 Å². The lowest BCUT2D eigenvalue weighted by molar-refractivity contribution is 0.608. The largest absolute Gasteiger partial charge is 0.381 e. The van der Waals surface area contributed by atoms with E-state index in [9.17, 15) is 4.39 Å². The highest BCUT2D eigenvalue weighted by atomic mass is 79.9. The van der Waals surface area contributed by atoms with Crippen molar-refractivity contribution >= 4 is 27.3 Å². The lowest BCUT2D eigenvalue weighted by Gasteiger charge is -2.38. The quantitative estimate of drug-likeness (QED) is 0.875. The third kappa shape index (κ3) is 2.40. The summed E-state index contributed by atoms with van der Waals surface area (Å²) in [5.41, 5.74) is 3.27. The zero-order valence-corrected chi connectivity index (χ0v) is 12.8. The van der Waals surface area contributed by atoms with Crippen LogP contribution in [0, 0.1) is 5.82 Å². The highest BCUT2D eigenvalue weighted by Gasteiger charge is 2.23. The lowest BCUT2D eigenvalue weighted by Crippen LogP contribution is -2.41. The fourth-order valence-corrected chi connectivity index (χ4v) is 2.96. The maximum Gasteiger partial charge on any atom is 0.137 e. The molecule has 1 N–H and O–H groups in total. The molecule has 1 atom stereocenters. The van der Waals surface area contributed by atoms with Crippen molar-refractivity contribution in [1.82, 2.24) is 0 Å². The predicted molar refractivity (Wildman–Crippen MR) is 84.7 cm³/mol. The van der Waals surface area contributed by atoms with Crippen LogP contribution >= 0.6 is 15.9 Å². The van der Waals surface area contributed by atoms with Crippen LogP contribution in [0.15, 0.2) is 46.9 Å². The summed E-state index contributed by atoms with van der Waals surface area (Å²) in [6.45, 7) is 3.76. The van der Waals surface area contributed by atoms with Crippen LogP contribution in [0.3, 0.4) is 0 Å². The van der Waals surface area contributed by atoms with E-state index in [-0.39, 0.29) is 5.82 Å². The second kappa shape index (κ2) is 5.44. The number of para-hydroxylation sites is 2. The van der Waals surface area contributed by atoms with Gasteiger partial charge in [0, 0.05) is 19.1 Å². The van der Waals surface area contributed by atoms with Crippen molar-refractivity contribution in [2.75, 3.05) is 16.8 Å². The first-order valence-electron chi connectivity index (χ1n) is 6.69. The van der Waals surface area contributed by atoms with E-state index in [1.54, 1.807) is 6.07 Å². The molecule has 0 bridgehead atoms. The van der Waals surface area contributed by atoms with Crippen molar-refractivity contribution in [1.29, 1.82) is 0 Å². The minimum Gasteiger partial charge on any atom is -0.381 e. The molecule has 0 saturated carbocycles. The van der Waals surface area contributed by atoms with Gasteiger partial charge in [-0.05, 0) is 46.6 Å². The van der Waals surface area contributed by atoms with E-state index < -0.39 is 0 Å². The van der Waals surface area contributed by atoms with E-state index in [2.05, 4.69) is 45.2 Å². The Morgan fingerprint density at radius 2 is 2.05 bits per heavy atom. The van der Waals surface area contributed by atoms with E-state index in [1.807, 2.05) is 18.2 Å². The van der Waals surface area contributed by atoms with Gasteiger partial charge >= 0.3 is 0 Å². The Morgan fingerprint density at radius 1 is 1.25 bits per heavy atom. The van der Waals surface area contributed by atoms with Crippen molar-refractivity contribution in [2.45, 2.75) is 19.5 Å². The smallest absolute Gasteiger partial charge is 0.137 e. The van der Waals surface area contributed by atoms with Gasteiger partial charge in [-0.15, -0.1) is 0 Å². The Kier molecular flexibility index (Phi) is 3.66. The molecular weight excluding hydrogens is 319 g/mol. The molecule has 1 aliphatic heterocycles. The van der Waals surface area contributed by atoms with Crippen molar-refractivity contribution in [3.05, 3.63) is 58.3 Å². The van der Waals surface area contributed by atoms with Crippen molar-refractivity contribution in [3.8, 4) is 0 Å². The monoisotopic (exact) mass is 334 g/mol. The summed E-state index contributed by atoms with van der Waals surface area (Å²) < 4.78 is 14.2. The molecule has 2 aromatic rings. The number of fused-ring (bicyclic) bond motifs is 1. The Balaban J connectivity index is 1.96. The minimum atomic E-state index is -0.210. The van der Waals surface area contributed by atoms with Gasteiger partial charge < -0.3 is 10.2 Å². The van der Waals surface area contributed by atoms with Gasteiger partial charge in [-0.2, -0.15) is 0 Å². The van der Waals surface area contributed by atoms with Gasteiger partial charge in [-0.3, -0.25) is 0 Å². The highest BCUT2D eigenvalue weighted by molar-refractivity contribution is 9.10. The molecule has 1 unspecified atom stereocenters. The summed E-state index contributed by atoms with van der Waals surface area (Å²) >= 11 is 3.35. The van der Waals surface area contributed by atoms with Crippen LogP contribution in [-0.2, 0) is 6.54 Å². The van der Waals surface area contributed by atoms with Gasteiger partial charge in [0.15, 0.2) is 0 Å². The molecule has 1 heterocycles. The van der Waals surface area contributed by atoms with Crippen molar-refractivity contribution < 1.29 is 4.39 Å². The SMILES string of the molecule is CC1CNc2ccccc2N1Cc1cccc(F)c1Br. The van der Waals surface area contributed by atoms with Gasteiger partial charge in [0.05, 0.1) is 15.8 Å². The number of nitrogens with zero attached hydrogens (tertiary/aromatic N) is 1. The molecule has 0 aliphatic carbocycles. The predicted octanol–water partition coefficient (Wildman–Crippen LogP) is 4.41. The van der Waals surface area contributed by atoms with Crippen molar-refractivity contribution in [2.24, 2.45) is 0 Å². The van der Waals surface area contributed by atoms with E-state index in [1.165, 1.54) is 11.8 Å². The Labute approximate surface area is 126 Å². The van der Waals surface area contributed by atoms with Gasteiger partial charge in [-0.25, -0.2) is 4.39 Å². The Bertz CT molecular complexity index is 630. The van der Waals surface area contributed by atoms with E-state index in [0.29, 0.717) is 17.1 Å². The summed E-state index contributed by atoms with van der Waals surface area (Å²) in [7, 11) is 0. The number of hydrogen-bond donors (Lipinski definition) is 1. The van der Waals surface area contributed by atoms with Gasteiger partial charge in [-0.1, -0.05) is 24.3 Å². The average molecular weight is 335 g/mol. The summed E-state index contributed by atoms with van der Waals surface area (Å²) in [5, 5.41) is 3.43. The third-order valence-electron chi connectivity index (χ3n) is 3.71. The Morgan fingerprint density at radius 3 is 2.90 bits per heavy atom. The number of rotatable bonds is 2. The molecule has 2 nitrogen and oxygen atoms in total. The molecule has 0 aromatic heterocycles. The molecule has 1 aliphatic rings. The van der Waals surface area contributed by atoms with Crippen LogP contribution in [0.2, 0.25) is 0 Å². The summed E-state index contributed by atoms with van der Waals surface area (Å²) in [4.78, 5) is 2.31. The van der Waals surface area contributed by atoms with Gasteiger partial charge in [0.1, 0.15) is 5.82 Å². The van der Waals surface area contributed by atoms with Gasteiger partial charge in [0.25, 0.3) is 0 Å². The summed E-state index contributed by atoms with van der Waals surface area (Å²) in [6, 6.07) is 13.8. The van der Waals surface area contributed by atoms with Crippen LogP contribution in [0.4, 0.5) is 15.8 Å². The molecule has 2 aromatic carbocycles. The molecule has 4 heteroatoms. The summed E-state index contributed by atoms with van der Waals surface area (Å²) in [5.74, 6) is -0.210. The van der Waals surface area contributed by atoms with Crippen molar-refractivity contribution in [3.63, 3.8) is 0 Å². The number of hydrogen-bond acceptors (Lipinski definition) is 2. The number of anilines is 2. The fraction of sp³-hybridized carbons (Fsp3) is 0.250. The van der Waals surface area contributed by atoms with Crippen LogP contribution < -0.4 is 10.2 Å². The zero-order chi connectivity index (χ0) is 14.1. The topological polar surface area (TPSA) is 15.3 Å². The molecule has 0 radical (unpaired) electrons. The first-order valence-corrected chi connectivity index (χ1v) is 7.48. The van der Waals surface area contributed by atoms with E-state index >= 15 is 0 Å². The molecule has 0 saturated heterocycles. The van der Waals surface area contributed by atoms with Crippen LogP contribution in [-0.4, -0.2) is 12.6 Å². The highest BCUT2D eigenvalue weighted by Crippen LogP contribution is 2.33. The first-order chi connectivity index (χ1) is 9.66. The second-order valence-corrected chi connectivity index (χ2v) is 5.88. The lowest BCUT2D eigenvalue weighted by atomic mass is 10.1. The maximum atomic E-state index is 13.6. The zero-order valence-electron chi connectivity index (χ0n) is 11.2. The number of benzene rings is 2. The summed E-state index contributed by atoms with van der Waals surface area (Å²) in [6.07, 6.45) is 0. The molecule has 104 valence electrons. The van der Waals surface area contributed by atoms with Crippen LogP contribution in [0.5, 0.6) is 0 Å². The Hall–Kier alpha value is -1.55. The minimum absolute atomic E-state index is 0.210. The normalized spacial score (nSPS) is 17.6. The number of nitrogens with one attached hydrogen (secondary N) is 1. The third-order valence-corrected chi connectivity index (χ3v) is 4.59. The average Bonchev–Trinajstić information content (AvgIpc) is 2.46. The first kappa shape index (κ1) is 13.4. The molecule has 0 fully saturated rings. The molecule has 20 heavy (non-hydrogen) atoms.